The molecule has 21 heavy (non-hydrogen) atoms. The molecule has 0 bridgehead atoms. The van der Waals surface area contributed by atoms with Gasteiger partial charge < -0.3 is 4.74 Å². The number of thiazole rings is 1. The van der Waals surface area contributed by atoms with Gasteiger partial charge in [0.15, 0.2) is 11.7 Å². The second kappa shape index (κ2) is 7.25. The summed E-state index contributed by atoms with van der Waals surface area (Å²) >= 11 is 2.77. The second-order valence-corrected chi connectivity index (χ2v) is 6.26. The maximum absolute atomic E-state index is 12.2. The van der Waals surface area contributed by atoms with Crippen molar-refractivity contribution < 1.29 is 9.53 Å². The summed E-state index contributed by atoms with van der Waals surface area (Å²) in [5.41, 5.74) is 0.839. The van der Waals surface area contributed by atoms with Gasteiger partial charge >= 0.3 is 0 Å². The van der Waals surface area contributed by atoms with Crippen molar-refractivity contribution in [1.29, 1.82) is 5.26 Å². The van der Waals surface area contributed by atoms with Crippen LogP contribution in [0, 0.1) is 18.3 Å². The van der Waals surface area contributed by atoms with Crippen LogP contribution in [0.4, 0.5) is 0 Å². The van der Waals surface area contributed by atoms with Crippen LogP contribution in [0.3, 0.4) is 0 Å². The number of nitrogens with zero attached hydrogens (tertiary/aromatic N) is 2. The molecule has 6 heteroatoms. The summed E-state index contributed by atoms with van der Waals surface area (Å²) in [5, 5.41) is 11.6. The molecule has 0 aliphatic rings. The van der Waals surface area contributed by atoms with Crippen molar-refractivity contribution in [2.75, 3.05) is 12.9 Å². The Balaban J connectivity index is 1.98. The van der Waals surface area contributed by atoms with E-state index in [0.29, 0.717) is 5.01 Å². The minimum Gasteiger partial charge on any atom is -0.497 e. The average molecular weight is 318 g/mol. The predicted octanol–water partition coefficient (Wildman–Crippen LogP) is 3.43. The van der Waals surface area contributed by atoms with Crippen molar-refractivity contribution in [2.24, 2.45) is 0 Å². The van der Waals surface area contributed by atoms with E-state index in [1.165, 1.54) is 23.1 Å². The highest BCUT2D eigenvalue weighted by molar-refractivity contribution is 8.00. The molecule has 0 aliphatic carbocycles. The van der Waals surface area contributed by atoms with Crippen molar-refractivity contribution >= 4 is 28.9 Å². The highest BCUT2D eigenvalue weighted by atomic mass is 32.2. The fraction of sp³-hybridized carbons (Fsp3) is 0.267. The second-order valence-electron chi connectivity index (χ2n) is 4.32. The van der Waals surface area contributed by atoms with Crippen LogP contribution >= 0.6 is 23.1 Å². The maximum Gasteiger partial charge on any atom is 0.167 e. The molecular weight excluding hydrogens is 304 g/mol. The monoisotopic (exact) mass is 318 g/mol. The number of carbonyl (C=O) groups excluding carboxylic acids is 1. The fourth-order valence-electron chi connectivity index (χ4n) is 1.68. The number of methoxy groups -OCH3 is 1. The van der Waals surface area contributed by atoms with Crippen molar-refractivity contribution in [1.82, 2.24) is 4.98 Å². The van der Waals surface area contributed by atoms with Gasteiger partial charge in [0.25, 0.3) is 0 Å². The number of ketones is 1. The van der Waals surface area contributed by atoms with E-state index >= 15 is 0 Å². The highest BCUT2D eigenvalue weighted by Crippen LogP contribution is 2.26. The molecule has 1 heterocycles. The number of aromatic nitrogens is 1. The van der Waals surface area contributed by atoms with Crippen LogP contribution in [0.2, 0.25) is 0 Å². The summed E-state index contributed by atoms with van der Waals surface area (Å²) in [6, 6.07) is 9.53. The normalized spacial score (nSPS) is 11.7. The third-order valence-electron chi connectivity index (χ3n) is 2.78. The van der Waals surface area contributed by atoms with Gasteiger partial charge in [-0.1, -0.05) is 0 Å². The molecule has 0 N–H and O–H groups in total. The number of hydrogen-bond donors (Lipinski definition) is 0. The molecule has 0 spiro atoms. The molecule has 0 fully saturated rings. The first-order chi connectivity index (χ1) is 10.1. The Morgan fingerprint density at radius 1 is 1.48 bits per heavy atom. The van der Waals surface area contributed by atoms with Crippen LogP contribution in [0.5, 0.6) is 5.75 Å². The fourth-order valence-corrected chi connectivity index (χ4v) is 3.34. The summed E-state index contributed by atoms with van der Waals surface area (Å²) in [7, 11) is 1.61. The molecule has 108 valence electrons. The van der Waals surface area contributed by atoms with E-state index in [2.05, 4.69) is 11.1 Å². The molecule has 1 aromatic heterocycles. The third kappa shape index (κ3) is 4.06. The quantitative estimate of drug-likeness (QED) is 0.764. The Morgan fingerprint density at radius 3 is 2.71 bits per heavy atom. The van der Waals surface area contributed by atoms with Crippen LogP contribution in [0.25, 0.3) is 0 Å². The minimum absolute atomic E-state index is 0.118. The largest absolute Gasteiger partial charge is 0.497 e. The summed E-state index contributed by atoms with van der Waals surface area (Å²) in [5.74, 6) is 0.143. The third-order valence-corrected chi connectivity index (χ3v) is 4.84. The van der Waals surface area contributed by atoms with Crippen LogP contribution in [0.1, 0.15) is 16.6 Å². The molecule has 2 rings (SSSR count). The Morgan fingerprint density at radius 2 is 2.19 bits per heavy atom. The van der Waals surface area contributed by atoms with Gasteiger partial charge in [-0.15, -0.1) is 23.1 Å². The maximum atomic E-state index is 12.2. The topological polar surface area (TPSA) is 63.0 Å². The molecule has 0 amide bonds. The van der Waals surface area contributed by atoms with Gasteiger partial charge in [0.05, 0.1) is 18.9 Å². The van der Waals surface area contributed by atoms with Gasteiger partial charge in [-0.3, -0.25) is 4.79 Å². The smallest absolute Gasteiger partial charge is 0.167 e. The molecule has 0 saturated carbocycles. The molecule has 2 aromatic rings. The van der Waals surface area contributed by atoms with Crippen molar-refractivity contribution in [2.45, 2.75) is 17.7 Å². The average Bonchev–Trinajstić information content (AvgIpc) is 2.92. The first kappa shape index (κ1) is 15.5. The lowest BCUT2D eigenvalue weighted by atomic mass is 10.1. The Labute approximate surface area is 131 Å². The lowest BCUT2D eigenvalue weighted by Crippen LogP contribution is -2.13. The van der Waals surface area contributed by atoms with E-state index in [1.54, 1.807) is 7.11 Å². The van der Waals surface area contributed by atoms with Gasteiger partial charge in [-0.2, -0.15) is 5.26 Å². The van der Waals surface area contributed by atoms with E-state index < -0.39 is 5.92 Å². The minimum atomic E-state index is -0.769. The molecular formula is C15H14N2O2S2. The lowest BCUT2D eigenvalue weighted by Gasteiger charge is -2.06. The molecule has 0 aliphatic heterocycles. The van der Waals surface area contributed by atoms with Gasteiger partial charge in [0.1, 0.15) is 10.8 Å². The zero-order valence-electron chi connectivity index (χ0n) is 11.7. The van der Waals surface area contributed by atoms with Gasteiger partial charge in [0, 0.05) is 16.0 Å². The molecule has 0 unspecified atom stereocenters. The Bertz CT molecular complexity index is 659. The number of rotatable bonds is 6. The number of thioether (sulfide) groups is 1. The lowest BCUT2D eigenvalue weighted by molar-refractivity contribution is -0.116. The van der Waals surface area contributed by atoms with E-state index in [9.17, 15) is 10.1 Å². The first-order valence-electron chi connectivity index (χ1n) is 6.25. The van der Waals surface area contributed by atoms with E-state index in [1.807, 2.05) is 36.6 Å². The summed E-state index contributed by atoms with van der Waals surface area (Å²) < 4.78 is 5.08. The number of ether oxygens (including phenoxy) is 1. The number of carbonyl (C=O) groups is 1. The zero-order valence-corrected chi connectivity index (χ0v) is 13.3. The van der Waals surface area contributed by atoms with Crippen LogP contribution in [-0.2, 0) is 4.79 Å². The molecule has 0 saturated heterocycles. The first-order valence-corrected chi connectivity index (χ1v) is 8.11. The van der Waals surface area contributed by atoms with Crippen molar-refractivity contribution in [3.8, 4) is 11.8 Å². The molecule has 1 aromatic carbocycles. The predicted molar refractivity (Wildman–Crippen MR) is 83.9 cm³/mol. The summed E-state index contributed by atoms with van der Waals surface area (Å²) in [6.07, 6.45) is 0. The van der Waals surface area contributed by atoms with Gasteiger partial charge in [-0.25, -0.2) is 4.98 Å². The van der Waals surface area contributed by atoms with Crippen molar-refractivity contribution in [3.63, 3.8) is 0 Å². The number of hydrogen-bond acceptors (Lipinski definition) is 6. The number of Topliss-reactive ketones (excluding diaryl/α,β-unsaturated/α-hetero) is 1. The molecule has 4 nitrogen and oxygen atoms in total. The molecule has 0 radical (unpaired) electrons. The van der Waals surface area contributed by atoms with E-state index in [0.717, 1.165) is 16.3 Å². The number of aryl methyl sites for hydroxylation is 1. The zero-order chi connectivity index (χ0) is 15.2. The SMILES string of the molecule is COc1ccc(SCC(=O)[C@H](C#N)c2nc(C)cs2)cc1. The van der Waals surface area contributed by atoms with Crippen LogP contribution in [0.15, 0.2) is 34.5 Å². The van der Waals surface area contributed by atoms with Gasteiger partial charge in [-0.05, 0) is 31.2 Å². The van der Waals surface area contributed by atoms with Gasteiger partial charge in [0.2, 0.25) is 0 Å². The van der Waals surface area contributed by atoms with Crippen molar-refractivity contribution in [3.05, 3.63) is 40.3 Å². The number of nitriles is 1. The molecule has 1 atom stereocenters. The summed E-state index contributed by atoms with van der Waals surface area (Å²) in [4.78, 5) is 17.4. The standard InChI is InChI=1S/C15H14N2O2S2/c1-10-8-21-15(17-10)13(7-16)14(18)9-20-12-5-3-11(19-2)4-6-12/h3-6,8,13H,9H2,1-2H3/t13-/m0/s1. The Hall–Kier alpha value is -1.84. The summed E-state index contributed by atoms with van der Waals surface area (Å²) in [6.45, 7) is 1.85. The van der Waals surface area contributed by atoms with Crippen LogP contribution in [-0.4, -0.2) is 23.6 Å². The number of benzene rings is 1. The van der Waals surface area contributed by atoms with Crippen LogP contribution < -0.4 is 4.74 Å². The van der Waals surface area contributed by atoms with E-state index in [-0.39, 0.29) is 11.5 Å². The Kier molecular flexibility index (Phi) is 5.37. The highest BCUT2D eigenvalue weighted by Gasteiger charge is 2.23. The van der Waals surface area contributed by atoms with E-state index in [4.69, 9.17) is 4.74 Å².